The molecule has 0 aliphatic heterocycles. The van der Waals surface area contributed by atoms with Crippen molar-refractivity contribution in [1.82, 2.24) is 0 Å². The molecule has 0 saturated heterocycles. The second kappa shape index (κ2) is 10.3. The van der Waals surface area contributed by atoms with Gasteiger partial charge in [0.1, 0.15) is 0 Å². The summed E-state index contributed by atoms with van der Waals surface area (Å²) in [6, 6.07) is 59.5. The number of benzene rings is 9. The summed E-state index contributed by atoms with van der Waals surface area (Å²) in [6.07, 6.45) is 0. The topological polar surface area (TPSA) is 0 Å². The van der Waals surface area contributed by atoms with Crippen LogP contribution in [0.3, 0.4) is 0 Å². The number of hydrogen-bond acceptors (Lipinski definition) is 0. The maximum atomic E-state index is 2.56. The monoisotopic (exact) mass is 662 g/mol. The molecule has 0 bridgehead atoms. The maximum absolute atomic E-state index is 2.56. The normalized spacial score (nSPS) is 14.8. The molecule has 9 aromatic carbocycles. The Morgan fingerprint density at radius 1 is 0.288 bits per heavy atom. The highest BCUT2D eigenvalue weighted by molar-refractivity contribution is 6.20. The molecule has 0 spiro atoms. The smallest absolute Gasteiger partial charge is 0.0159 e. The molecular formula is C52H38. The van der Waals surface area contributed by atoms with Crippen molar-refractivity contribution in [3.63, 3.8) is 0 Å². The summed E-state index contributed by atoms with van der Waals surface area (Å²) in [6.45, 7) is 9.71. The van der Waals surface area contributed by atoms with E-state index in [2.05, 4.69) is 185 Å². The van der Waals surface area contributed by atoms with Crippen LogP contribution in [0.4, 0.5) is 0 Å². The highest BCUT2D eigenvalue weighted by atomic mass is 14.4. The van der Waals surface area contributed by atoms with E-state index in [1.807, 2.05) is 0 Å². The Hall–Kier alpha value is -5.98. The van der Waals surface area contributed by atoms with Gasteiger partial charge in [-0.3, -0.25) is 0 Å². The molecule has 0 amide bonds. The molecular weight excluding hydrogens is 625 g/mol. The van der Waals surface area contributed by atoms with E-state index in [1.54, 1.807) is 0 Å². The number of hydrogen-bond donors (Lipinski definition) is 0. The molecule has 0 N–H and O–H groups in total. The van der Waals surface area contributed by atoms with Gasteiger partial charge in [0.15, 0.2) is 0 Å². The van der Waals surface area contributed by atoms with E-state index < -0.39 is 0 Å². The van der Waals surface area contributed by atoms with E-state index in [9.17, 15) is 0 Å². The third kappa shape index (κ3) is 3.77. The van der Waals surface area contributed by atoms with Crippen molar-refractivity contribution < 1.29 is 0 Å². The lowest BCUT2D eigenvalue weighted by atomic mass is 9.78. The van der Waals surface area contributed by atoms with Gasteiger partial charge < -0.3 is 0 Å². The Morgan fingerprint density at radius 2 is 0.654 bits per heavy atom. The molecule has 11 rings (SSSR count). The molecule has 0 nitrogen and oxygen atoms in total. The minimum absolute atomic E-state index is 0.137. The summed E-state index contributed by atoms with van der Waals surface area (Å²) in [5, 5.41) is 10.6. The van der Waals surface area contributed by atoms with Gasteiger partial charge in [-0.05, 0) is 128 Å². The number of rotatable bonds is 2. The van der Waals surface area contributed by atoms with Crippen molar-refractivity contribution in [3.05, 3.63) is 180 Å². The zero-order valence-electron chi connectivity index (χ0n) is 30.0. The Bertz CT molecular complexity index is 2990. The molecule has 2 aliphatic rings. The van der Waals surface area contributed by atoms with E-state index in [4.69, 9.17) is 0 Å². The lowest BCUT2D eigenvalue weighted by molar-refractivity contribution is 0.660. The average molecular weight is 663 g/mol. The van der Waals surface area contributed by atoms with Crippen LogP contribution >= 0.6 is 0 Å². The Kier molecular flexibility index (Phi) is 5.89. The molecule has 0 unspecified atom stereocenters. The summed E-state index contributed by atoms with van der Waals surface area (Å²) >= 11 is 0. The first-order valence-corrected chi connectivity index (χ1v) is 18.6. The molecule has 0 fully saturated rings. The minimum atomic E-state index is -0.196. The lowest BCUT2D eigenvalue weighted by Gasteiger charge is -2.25. The van der Waals surface area contributed by atoms with Crippen molar-refractivity contribution in [3.8, 4) is 44.5 Å². The summed E-state index contributed by atoms with van der Waals surface area (Å²) in [4.78, 5) is 0. The minimum Gasteiger partial charge on any atom is -0.0622 e. The molecule has 52 heavy (non-hydrogen) atoms. The predicted molar refractivity (Wildman–Crippen MR) is 222 cm³/mol. The third-order valence-corrected chi connectivity index (χ3v) is 12.6. The third-order valence-electron chi connectivity index (χ3n) is 12.6. The van der Waals surface area contributed by atoms with Crippen LogP contribution in [0.5, 0.6) is 0 Å². The lowest BCUT2D eigenvalue weighted by Crippen LogP contribution is -2.16. The van der Waals surface area contributed by atoms with Gasteiger partial charge in [0.25, 0.3) is 0 Å². The Balaban J connectivity index is 1.24. The molecule has 0 aromatic heterocycles. The molecule has 2 aliphatic carbocycles. The Labute approximate surface area is 305 Å². The van der Waals surface area contributed by atoms with E-state index in [-0.39, 0.29) is 10.8 Å². The van der Waals surface area contributed by atoms with Crippen molar-refractivity contribution >= 4 is 43.1 Å². The average Bonchev–Trinajstić information content (AvgIpc) is 3.57. The predicted octanol–water partition coefficient (Wildman–Crippen LogP) is 14.2. The van der Waals surface area contributed by atoms with Crippen molar-refractivity contribution in [1.29, 1.82) is 0 Å². The van der Waals surface area contributed by atoms with Gasteiger partial charge in [0.2, 0.25) is 0 Å². The SMILES string of the molecule is CC1(C)c2ccc3ccccc3c2-c2c1cc(-c1cc3c(c4ccccc14)-c1c(cc(-c4ccccc4)c4ccccc14)C3(C)C)c1ccccc21. The van der Waals surface area contributed by atoms with Crippen LogP contribution in [0.1, 0.15) is 49.9 Å². The van der Waals surface area contributed by atoms with Crippen molar-refractivity contribution in [2.45, 2.75) is 38.5 Å². The first-order valence-electron chi connectivity index (χ1n) is 18.6. The van der Waals surface area contributed by atoms with Gasteiger partial charge in [0.05, 0.1) is 0 Å². The quantitative estimate of drug-likeness (QED) is 0.173. The van der Waals surface area contributed by atoms with Crippen molar-refractivity contribution in [2.24, 2.45) is 0 Å². The molecule has 0 heteroatoms. The van der Waals surface area contributed by atoms with E-state index in [0.29, 0.717) is 0 Å². The van der Waals surface area contributed by atoms with Crippen LogP contribution in [-0.2, 0) is 10.8 Å². The first-order chi connectivity index (χ1) is 25.3. The fraction of sp³-hybridized carbons (Fsp3) is 0.115. The van der Waals surface area contributed by atoms with Crippen LogP contribution < -0.4 is 0 Å². The number of fused-ring (bicyclic) bond motifs is 14. The van der Waals surface area contributed by atoms with E-state index >= 15 is 0 Å². The standard InChI is InChI=1S/C52H38/c1-51(2)43-27-26-32-18-8-9-19-33(32)47(43)48-38-24-14-11-21-35(38)41(29-45(48)51)42-30-46-50(39-25-15-12-22-36(39)42)49-37-23-13-10-20-34(37)40(28-44(49)52(46,3)4)31-16-6-5-7-17-31/h5-30H,1-4H3. The van der Waals surface area contributed by atoms with Gasteiger partial charge in [0, 0.05) is 10.8 Å². The van der Waals surface area contributed by atoms with Crippen LogP contribution in [0.15, 0.2) is 158 Å². The van der Waals surface area contributed by atoms with Crippen molar-refractivity contribution in [2.75, 3.05) is 0 Å². The van der Waals surface area contributed by atoms with Crippen LogP contribution in [0.25, 0.3) is 87.6 Å². The Morgan fingerprint density at radius 3 is 1.17 bits per heavy atom. The molecule has 0 heterocycles. The van der Waals surface area contributed by atoms with Gasteiger partial charge in [-0.25, -0.2) is 0 Å². The largest absolute Gasteiger partial charge is 0.0622 e. The zero-order chi connectivity index (χ0) is 34.9. The van der Waals surface area contributed by atoms with Gasteiger partial charge in [-0.2, -0.15) is 0 Å². The van der Waals surface area contributed by atoms with E-state index in [0.717, 1.165) is 0 Å². The van der Waals surface area contributed by atoms with Crippen LogP contribution in [0, 0.1) is 0 Å². The van der Waals surface area contributed by atoms with Gasteiger partial charge in [-0.1, -0.05) is 167 Å². The summed E-state index contributed by atoms with van der Waals surface area (Å²) in [7, 11) is 0. The molecule has 9 aromatic rings. The maximum Gasteiger partial charge on any atom is 0.0159 e. The molecule has 0 radical (unpaired) electrons. The highest BCUT2D eigenvalue weighted by Gasteiger charge is 2.41. The molecule has 0 atom stereocenters. The summed E-state index contributed by atoms with van der Waals surface area (Å²) < 4.78 is 0. The van der Waals surface area contributed by atoms with Gasteiger partial charge in [-0.15, -0.1) is 0 Å². The zero-order valence-corrected chi connectivity index (χ0v) is 30.0. The molecule has 246 valence electrons. The van der Waals surface area contributed by atoms with Crippen LogP contribution in [0.2, 0.25) is 0 Å². The highest BCUT2D eigenvalue weighted by Crippen LogP contribution is 2.59. The second-order valence-corrected chi connectivity index (χ2v) is 16.0. The molecule has 0 saturated carbocycles. The fourth-order valence-corrected chi connectivity index (χ4v) is 10.1. The summed E-state index contributed by atoms with van der Waals surface area (Å²) in [5.41, 5.74) is 16.1. The fourth-order valence-electron chi connectivity index (χ4n) is 10.1. The summed E-state index contributed by atoms with van der Waals surface area (Å²) in [5.74, 6) is 0. The van der Waals surface area contributed by atoms with Crippen LogP contribution in [-0.4, -0.2) is 0 Å². The van der Waals surface area contributed by atoms with Gasteiger partial charge >= 0.3 is 0 Å². The second-order valence-electron chi connectivity index (χ2n) is 16.0. The van der Waals surface area contributed by atoms with E-state index in [1.165, 1.54) is 110 Å². The first kappa shape index (κ1) is 29.7.